The third kappa shape index (κ3) is 6.05. The van der Waals surface area contributed by atoms with E-state index in [0.29, 0.717) is 28.0 Å². The maximum Gasteiger partial charge on any atom is 0.275 e. The van der Waals surface area contributed by atoms with Crippen LogP contribution in [0.2, 0.25) is 5.02 Å². The van der Waals surface area contributed by atoms with Gasteiger partial charge in [-0.15, -0.1) is 10.2 Å². The van der Waals surface area contributed by atoms with Gasteiger partial charge in [0.1, 0.15) is 11.4 Å². The van der Waals surface area contributed by atoms with Gasteiger partial charge in [-0.25, -0.2) is 0 Å². The lowest BCUT2D eigenvalue weighted by Crippen LogP contribution is -2.51. The van der Waals surface area contributed by atoms with Gasteiger partial charge >= 0.3 is 0 Å². The van der Waals surface area contributed by atoms with Crippen LogP contribution in [-0.2, 0) is 11.3 Å². The Morgan fingerprint density at radius 1 is 1.17 bits per heavy atom. The summed E-state index contributed by atoms with van der Waals surface area (Å²) in [5.74, 6) is 0.703. The molecule has 0 bridgehead atoms. The number of carbonyl (C=O) groups excluding carboxylic acids is 2. The average molecular weight is 576 g/mol. The van der Waals surface area contributed by atoms with Gasteiger partial charge < -0.3 is 10.2 Å². The molecule has 2 heterocycles. The van der Waals surface area contributed by atoms with Gasteiger partial charge in [0.25, 0.3) is 11.8 Å². The van der Waals surface area contributed by atoms with Crippen LogP contribution in [0.5, 0.6) is 0 Å². The van der Waals surface area contributed by atoms with Gasteiger partial charge in [-0.2, -0.15) is 5.21 Å². The molecule has 0 radical (unpaired) electrons. The summed E-state index contributed by atoms with van der Waals surface area (Å²) >= 11 is 6.33. The fourth-order valence-electron chi connectivity index (χ4n) is 6.26. The molecule has 1 spiro atoms. The van der Waals surface area contributed by atoms with Gasteiger partial charge in [0.2, 0.25) is 0 Å². The number of H-pyrrole nitrogens is 1. The van der Waals surface area contributed by atoms with Crippen LogP contribution in [0.25, 0.3) is 0 Å². The first-order valence-electron chi connectivity index (χ1n) is 14.4. The molecule has 5 rings (SSSR count). The fraction of sp³-hybridized carbons (Fsp3) is 0.484. The van der Waals surface area contributed by atoms with Crippen LogP contribution in [-0.4, -0.2) is 48.7 Å². The summed E-state index contributed by atoms with van der Waals surface area (Å²) in [6.07, 6.45) is 5.35. The normalized spacial score (nSPS) is 21.7. The van der Waals surface area contributed by atoms with Gasteiger partial charge in [-0.1, -0.05) is 75.2 Å². The lowest BCUT2D eigenvalue weighted by atomic mass is 9.69. The maximum atomic E-state index is 14.3. The van der Waals surface area contributed by atoms with Crippen LogP contribution in [0, 0.1) is 11.3 Å². The molecule has 1 saturated carbocycles. The van der Waals surface area contributed by atoms with Crippen molar-refractivity contribution in [3.05, 3.63) is 76.1 Å². The van der Waals surface area contributed by atoms with Crippen molar-refractivity contribution in [2.75, 3.05) is 0 Å². The predicted octanol–water partition coefficient (Wildman–Crippen LogP) is 5.89. The molecule has 1 fully saturated rings. The molecule has 216 valence electrons. The van der Waals surface area contributed by atoms with E-state index in [1.54, 1.807) is 0 Å². The van der Waals surface area contributed by atoms with Crippen molar-refractivity contribution in [3.8, 4) is 0 Å². The molecule has 10 heteroatoms. The van der Waals surface area contributed by atoms with Gasteiger partial charge in [-0.3, -0.25) is 14.6 Å². The number of aromatic nitrogens is 4. The van der Waals surface area contributed by atoms with Crippen LogP contribution in [0.1, 0.15) is 99.6 Å². The first kappa shape index (κ1) is 28.9. The highest BCUT2D eigenvalue weighted by molar-refractivity contribution is 6.47. The second kappa shape index (κ2) is 11.7. The lowest BCUT2D eigenvalue weighted by Gasteiger charge is -2.47. The van der Waals surface area contributed by atoms with Crippen molar-refractivity contribution < 1.29 is 9.59 Å². The van der Waals surface area contributed by atoms with Crippen molar-refractivity contribution in [3.63, 3.8) is 0 Å². The van der Waals surface area contributed by atoms with Crippen molar-refractivity contribution in [2.24, 2.45) is 16.3 Å². The monoisotopic (exact) mass is 575 g/mol. The fourth-order valence-corrected chi connectivity index (χ4v) is 6.45. The number of halogens is 1. The van der Waals surface area contributed by atoms with E-state index in [-0.39, 0.29) is 29.8 Å². The molecule has 2 aliphatic rings. The zero-order valence-electron chi connectivity index (χ0n) is 24.2. The molecule has 41 heavy (non-hydrogen) atoms. The molecule has 1 unspecified atom stereocenters. The Bertz CT molecular complexity index is 1400. The number of carbonyl (C=O) groups is 2. The SMILES string of the molecule is CCCC(c1ccc(C(=O)NCc2nn[nH]n2)cc1)N1C(=O)C(c2cccc(Cl)c2)=NC12CCC(C(C)(C)C)CC2. The quantitative estimate of drug-likeness (QED) is 0.347. The molecule has 2 amide bonds. The Morgan fingerprint density at radius 2 is 1.90 bits per heavy atom. The number of hydrogen-bond donors (Lipinski definition) is 2. The predicted molar refractivity (Wildman–Crippen MR) is 158 cm³/mol. The summed E-state index contributed by atoms with van der Waals surface area (Å²) in [4.78, 5) is 34.3. The van der Waals surface area contributed by atoms with E-state index in [0.717, 1.165) is 49.7 Å². The summed E-state index contributed by atoms with van der Waals surface area (Å²) in [5.41, 5.74) is 2.37. The Labute approximate surface area is 246 Å². The zero-order chi connectivity index (χ0) is 29.2. The maximum absolute atomic E-state index is 14.3. The van der Waals surface area contributed by atoms with Crippen LogP contribution in [0.3, 0.4) is 0 Å². The highest BCUT2D eigenvalue weighted by Gasteiger charge is 2.52. The zero-order valence-corrected chi connectivity index (χ0v) is 24.9. The summed E-state index contributed by atoms with van der Waals surface area (Å²) < 4.78 is 0. The van der Waals surface area contributed by atoms with Crippen LogP contribution >= 0.6 is 11.6 Å². The van der Waals surface area contributed by atoms with E-state index < -0.39 is 5.66 Å². The number of nitrogens with zero attached hydrogens (tertiary/aromatic N) is 5. The van der Waals surface area contributed by atoms with E-state index in [2.05, 4.69) is 58.5 Å². The molecule has 1 aliphatic heterocycles. The van der Waals surface area contributed by atoms with Crippen molar-refractivity contribution in [2.45, 2.75) is 84.5 Å². The molecule has 0 saturated heterocycles. The smallest absolute Gasteiger partial charge is 0.275 e. The Morgan fingerprint density at radius 3 is 2.51 bits per heavy atom. The number of rotatable bonds is 8. The number of aliphatic imine (C=N–C) groups is 1. The Hall–Kier alpha value is -3.59. The van der Waals surface area contributed by atoms with Crippen molar-refractivity contribution in [1.82, 2.24) is 30.8 Å². The topological polar surface area (TPSA) is 116 Å². The minimum atomic E-state index is -0.600. The molecule has 2 aromatic carbocycles. The second-order valence-corrected chi connectivity index (χ2v) is 12.6. The number of tetrazole rings is 1. The molecule has 3 aromatic rings. The number of nitrogens with one attached hydrogen (secondary N) is 2. The number of amides is 2. The average Bonchev–Trinajstić information content (AvgIpc) is 3.57. The highest BCUT2D eigenvalue weighted by Crippen LogP contribution is 2.49. The van der Waals surface area contributed by atoms with E-state index in [9.17, 15) is 9.59 Å². The standard InChI is InChI=1S/C31H38ClN7O2/c1-5-7-25(20-10-12-21(13-11-20)28(40)33-19-26-35-37-38-36-26)39-29(41)27(22-8-6-9-24(32)18-22)34-31(39)16-14-23(15-17-31)30(2,3)4/h6,8-13,18,23,25H,5,7,14-17,19H2,1-4H3,(H,33,40)(H,35,36,37,38). The molecule has 1 atom stereocenters. The van der Waals surface area contributed by atoms with E-state index >= 15 is 0 Å². The van der Waals surface area contributed by atoms with Crippen LogP contribution in [0.15, 0.2) is 53.5 Å². The van der Waals surface area contributed by atoms with Gasteiger partial charge in [-0.05, 0) is 73.3 Å². The summed E-state index contributed by atoms with van der Waals surface area (Å²) in [5, 5.41) is 17.0. The minimum absolute atomic E-state index is 0.0538. The molecular formula is C31H38ClN7O2. The first-order valence-corrected chi connectivity index (χ1v) is 14.8. The Balaban J connectivity index is 1.45. The third-order valence-electron chi connectivity index (χ3n) is 8.53. The van der Waals surface area contributed by atoms with E-state index in [1.807, 2.05) is 48.5 Å². The van der Waals surface area contributed by atoms with Crippen LogP contribution < -0.4 is 5.32 Å². The van der Waals surface area contributed by atoms with Gasteiger partial charge in [0.15, 0.2) is 5.82 Å². The number of hydrogen-bond acceptors (Lipinski definition) is 6. The summed E-state index contributed by atoms with van der Waals surface area (Å²) in [7, 11) is 0. The summed E-state index contributed by atoms with van der Waals surface area (Å²) in [6.45, 7) is 9.21. The number of aromatic amines is 1. The number of benzene rings is 2. The highest BCUT2D eigenvalue weighted by atomic mass is 35.5. The largest absolute Gasteiger partial charge is 0.345 e. The molecule has 1 aliphatic carbocycles. The third-order valence-corrected chi connectivity index (χ3v) is 8.76. The molecule has 1 aromatic heterocycles. The molecular weight excluding hydrogens is 538 g/mol. The molecule has 2 N–H and O–H groups in total. The Kier molecular flexibility index (Phi) is 8.27. The second-order valence-electron chi connectivity index (χ2n) is 12.2. The molecule has 9 nitrogen and oxygen atoms in total. The van der Waals surface area contributed by atoms with Gasteiger partial charge in [0, 0.05) is 16.1 Å². The van der Waals surface area contributed by atoms with Gasteiger partial charge in [0.05, 0.1) is 12.6 Å². The lowest BCUT2D eigenvalue weighted by molar-refractivity contribution is -0.133. The van der Waals surface area contributed by atoms with Crippen molar-refractivity contribution in [1.29, 1.82) is 0 Å². The van der Waals surface area contributed by atoms with E-state index in [1.165, 1.54) is 0 Å². The van der Waals surface area contributed by atoms with Crippen molar-refractivity contribution >= 4 is 29.1 Å². The summed E-state index contributed by atoms with van der Waals surface area (Å²) in [6, 6.07) is 14.8. The van der Waals surface area contributed by atoms with Crippen LogP contribution in [0.4, 0.5) is 0 Å². The first-order chi connectivity index (χ1) is 19.6. The van der Waals surface area contributed by atoms with E-state index in [4.69, 9.17) is 16.6 Å². The minimum Gasteiger partial charge on any atom is -0.345 e.